The lowest BCUT2D eigenvalue weighted by molar-refractivity contribution is 0.0102. The van der Waals surface area contributed by atoms with Crippen LogP contribution in [0.4, 0.5) is 5.69 Å². The zero-order valence-electron chi connectivity index (χ0n) is 13.1. The molecule has 1 amide bonds. The maximum atomic E-state index is 12.6. The van der Waals surface area contributed by atoms with Gasteiger partial charge >= 0.3 is 0 Å². The van der Waals surface area contributed by atoms with Gasteiger partial charge in [-0.05, 0) is 42.6 Å². The molecule has 1 unspecified atom stereocenters. The number of ether oxygens (including phenoxy) is 1. The Labute approximate surface area is 145 Å². The van der Waals surface area contributed by atoms with Crippen molar-refractivity contribution in [2.45, 2.75) is 17.9 Å². The smallest absolute Gasteiger partial charge is 0.265 e. The van der Waals surface area contributed by atoms with Crippen molar-refractivity contribution in [2.75, 3.05) is 25.0 Å². The Morgan fingerprint density at radius 1 is 1.29 bits per heavy atom. The summed E-state index contributed by atoms with van der Waals surface area (Å²) in [5, 5.41) is 4.58. The number of hydrogen-bond acceptors (Lipinski definition) is 5. The van der Waals surface area contributed by atoms with Gasteiger partial charge in [0.05, 0.1) is 22.5 Å². The van der Waals surface area contributed by atoms with E-state index in [2.05, 4.69) is 5.32 Å². The number of benzene rings is 1. The van der Waals surface area contributed by atoms with E-state index in [1.165, 1.54) is 27.8 Å². The molecule has 1 N–H and O–H groups in total. The van der Waals surface area contributed by atoms with Crippen LogP contribution in [0, 0.1) is 0 Å². The van der Waals surface area contributed by atoms with Crippen molar-refractivity contribution in [2.24, 2.45) is 0 Å². The number of morpholine rings is 1. The Balaban J connectivity index is 1.73. The van der Waals surface area contributed by atoms with Crippen LogP contribution in [0.2, 0.25) is 0 Å². The van der Waals surface area contributed by atoms with Gasteiger partial charge in [0.1, 0.15) is 0 Å². The van der Waals surface area contributed by atoms with Crippen molar-refractivity contribution >= 4 is 33.0 Å². The van der Waals surface area contributed by atoms with Crippen LogP contribution in [0.15, 0.2) is 46.7 Å². The zero-order valence-corrected chi connectivity index (χ0v) is 14.8. The minimum atomic E-state index is -3.54. The summed E-state index contributed by atoms with van der Waals surface area (Å²) in [7, 11) is -3.54. The third-order valence-corrected chi connectivity index (χ3v) is 6.45. The van der Waals surface area contributed by atoms with Crippen LogP contribution < -0.4 is 5.32 Å². The van der Waals surface area contributed by atoms with Gasteiger partial charge in [0.2, 0.25) is 10.0 Å². The fraction of sp³-hybridized carbons (Fsp3) is 0.312. The third kappa shape index (κ3) is 3.67. The van der Waals surface area contributed by atoms with E-state index in [4.69, 9.17) is 4.74 Å². The van der Waals surface area contributed by atoms with E-state index in [1.54, 1.807) is 24.3 Å². The summed E-state index contributed by atoms with van der Waals surface area (Å²) in [4.78, 5) is 12.8. The minimum absolute atomic E-state index is 0.113. The van der Waals surface area contributed by atoms with Crippen LogP contribution in [0.3, 0.4) is 0 Å². The quantitative estimate of drug-likeness (QED) is 0.902. The van der Waals surface area contributed by atoms with Gasteiger partial charge in [-0.2, -0.15) is 4.31 Å². The van der Waals surface area contributed by atoms with Crippen molar-refractivity contribution in [1.29, 1.82) is 0 Å². The van der Waals surface area contributed by atoms with E-state index < -0.39 is 10.0 Å². The molecule has 24 heavy (non-hydrogen) atoms. The molecule has 8 heteroatoms. The monoisotopic (exact) mass is 366 g/mol. The number of anilines is 1. The Bertz CT molecular complexity index is 801. The van der Waals surface area contributed by atoms with Crippen LogP contribution in [0.1, 0.15) is 16.6 Å². The van der Waals surface area contributed by atoms with E-state index in [0.29, 0.717) is 30.3 Å². The Kier molecular flexibility index (Phi) is 5.00. The van der Waals surface area contributed by atoms with Gasteiger partial charge in [0, 0.05) is 18.8 Å². The first-order valence-electron chi connectivity index (χ1n) is 7.53. The van der Waals surface area contributed by atoms with Crippen molar-refractivity contribution < 1.29 is 17.9 Å². The highest BCUT2D eigenvalue weighted by Gasteiger charge is 2.29. The summed E-state index contributed by atoms with van der Waals surface area (Å²) in [6, 6.07) is 9.76. The molecule has 1 atom stereocenters. The molecular formula is C16H18N2O4S2. The maximum absolute atomic E-state index is 12.6. The molecule has 0 bridgehead atoms. The first-order chi connectivity index (χ1) is 11.5. The van der Waals surface area contributed by atoms with E-state index in [1.807, 2.05) is 12.3 Å². The first-order valence-corrected chi connectivity index (χ1v) is 9.85. The number of nitrogens with one attached hydrogen (secondary N) is 1. The average molecular weight is 366 g/mol. The highest BCUT2D eigenvalue weighted by atomic mass is 32.2. The van der Waals surface area contributed by atoms with Gasteiger partial charge in [-0.1, -0.05) is 6.07 Å². The number of thiophene rings is 1. The van der Waals surface area contributed by atoms with Gasteiger partial charge in [0.25, 0.3) is 5.91 Å². The van der Waals surface area contributed by atoms with Gasteiger partial charge in [-0.25, -0.2) is 8.42 Å². The number of carbonyl (C=O) groups excluding carboxylic acids is 1. The number of rotatable bonds is 4. The molecule has 0 aliphatic carbocycles. The molecule has 1 aromatic carbocycles. The van der Waals surface area contributed by atoms with Crippen LogP contribution in [0.25, 0.3) is 0 Å². The summed E-state index contributed by atoms with van der Waals surface area (Å²) in [5.74, 6) is -0.206. The molecule has 1 aliphatic heterocycles. The molecule has 1 fully saturated rings. The largest absolute Gasteiger partial charge is 0.376 e. The van der Waals surface area contributed by atoms with Crippen LogP contribution in [-0.4, -0.2) is 44.4 Å². The van der Waals surface area contributed by atoms with Crippen molar-refractivity contribution in [3.05, 3.63) is 46.7 Å². The molecule has 6 nitrogen and oxygen atoms in total. The first kappa shape index (κ1) is 17.1. The summed E-state index contributed by atoms with van der Waals surface area (Å²) in [5.41, 5.74) is 0.558. The van der Waals surface area contributed by atoms with Gasteiger partial charge < -0.3 is 10.1 Å². The number of hydrogen-bond donors (Lipinski definition) is 1. The van der Waals surface area contributed by atoms with Crippen molar-refractivity contribution in [1.82, 2.24) is 4.31 Å². The predicted octanol–water partition coefficient (Wildman–Crippen LogP) is 2.41. The molecule has 0 spiro atoms. The van der Waals surface area contributed by atoms with Gasteiger partial charge in [-0.15, -0.1) is 11.3 Å². The lowest BCUT2D eigenvalue weighted by Crippen LogP contribution is -2.44. The van der Waals surface area contributed by atoms with Crippen molar-refractivity contribution in [3.8, 4) is 0 Å². The number of sulfonamides is 1. The second-order valence-electron chi connectivity index (χ2n) is 5.50. The summed E-state index contributed by atoms with van der Waals surface area (Å²) >= 11 is 1.35. The van der Waals surface area contributed by atoms with Crippen molar-refractivity contribution in [3.63, 3.8) is 0 Å². The number of amides is 1. The molecule has 1 aliphatic rings. The van der Waals surface area contributed by atoms with Crippen LogP contribution in [-0.2, 0) is 14.8 Å². The SMILES string of the molecule is CC1CN(S(=O)(=O)c2ccc(NC(=O)c3cccs3)cc2)CCO1. The fourth-order valence-corrected chi connectivity index (χ4v) is 4.58. The van der Waals surface area contributed by atoms with Crippen LogP contribution >= 0.6 is 11.3 Å². The van der Waals surface area contributed by atoms with E-state index in [-0.39, 0.29) is 16.9 Å². The molecule has 0 saturated carbocycles. The summed E-state index contributed by atoms with van der Waals surface area (Å²) < 4.78 is 32.1. The minimum Gasteiger partial charge on any atom is -0.376 e. The lowest BCUT2D eigenvalue weighted by Gasteiger charge is -2.30. The molecule has 1 saturated heterocycles. The molecule has 0 radical (unpaired) electrons. The van der Waals surface area contributed by atoms with E-state index in [9.17, 15) is 13.2 Å². The Morgan fingerprint density at radius 3 is 2.67 bits per heavy atom. The fourth-order valence-electron chi connectivity index (χ4n) is 2.46. The molecular weight excluding hydrogens is 348 g/mol. The normalized spacial score (nSPS) is 19.1. The molecule has 2 heterocycles. The summed E-state index contributed by atoms with van der Waals surface area (Å²) in [6.45, 7) is 2.95. The maximum Gasteiger partial charge on any atom is 0.265 e. The van der Waals surface area contributed by atoms with Crippen LogP contribution in [0.5, 0.6) is 0 Å². The van der Waals surface area contributed by atoms with Gasteiger partial charge in [-0.3, -0.25) is 4.79 Å². The second-order valence-corrected chi connectivity index (χ2v) is 8.39. The Hall–Kier alpha value is -1.74. The topological polar surface area (TPSA) is 75.7 Å². The zero-order chi connectivity index (χ0) is 17.2. The standard InChI is InChI=1S/C16H18N2O4S2/c1-12-11-18(8-9-22-12)24(20,21)14-6-4-13(5-7-14)17-16(19)15-3-2-10-23-15/h2-7,10,12H,8-9,11H2,1H3,(H,17,19). The second kappa shape index (κ2) is 7.02. The Morgan fingerprint density at radius 2 is 2.04 bits per heavy atom. The highest BCUT2D eigenvalue weighted by molar-refractivity contribution is 7.89. The van der Waals surface area contributed by atoms with E-state index >= 15 is 0 Å². The summed E-state index contributed by atoms with van der Waals surface area (Å²) in [6.07, 6.45) is -0.113. The van der Waals surface area contributed by atoms with Gasteiger partial charge in [0.15, 0.2) is 0 Å². The number of carbonyl (C=O) groups is 1. The molecule has 1 aromatic heterocycles. The third-order valence-electron chi connectivity index (χ3n) is 3.70. The lowest BCUT2D eigenvalue weighted by atomic mass is 10.3. The van der Waals surface area contributed by atoms with E-state index in [0.717, 1.165) is 0 Å². The number of nitrogens with zero attached hydrogens (tertiary/aromatic N) is 1. The molecule has 2 aromatic rings. The molecule has 128 valence electrons. The highest BCUT2D eigenvalue weighted by Crippen LogP contribution is 2.21. The molecule has 3 rings (SSSR count). The average Bonchev–Trinajstić information content (AvgIpc) is 3.10. The predicted molar refractivity (Wildman–Crippen MR) is 92.9 cm³/mol.